The average Bonchev–Trinajstić information content (AvgIpc) is 3.59. The number of aromatic nitrogens is 1. The molecular formula is C38H41F2NO12S. The fourth-order valence-electron chi connectivity index (χ4n) is 5.47. The van der Waals surface area contributed by atoms with Crippen molar-refractivity contribution in [2.45, 2.75) is 47.0 Å². The Kier molecular flexibility index (Phi) is 13.9. The van der Waals surface area contributed by atoms with Crippen LogP contribution >= 0.6 is 11.3 Å². The normalized spacial score (nSPS) is 11.9. The van der Waals surface area contributed by atoms with E-state index in [1.807, 2.05) is 0 Å². The Morgan fingerprint density at radius 2 is 1.44 bits per heavy atom. The van der Waals surface area contributed by atoms with E-state index in [2.05, 4.69) is 4.98 Å². The smallest absolute Gasteiger partial charge is 0.317 e. The van der Waals surface area contributed by atoms with Gasteiger partial charge in [0.1, 0.15) is 11.6 Å². The zero-order valence-electron chi connectivity index (χ0n) is 30.9. The van der Waals surface area contributed by atoms with E-state index in [1.54, 1.807) is 33.8 Å². The van der Waals surface area contributed by atoms with Gasteiger partial charge in [-0.3, -0.25) is 24.0 Å². The third kappa shape index (κ3) is 9.21. The maximum atomic E-state index is 15.8. The number of carbonyl (C=O) groups excluding carboxylic acids is 5. The molecule has 2 aromatic heterocycles. The summed E-state index contributed by atoms with van der Waals surface area (Å²) in [5, 5.41) is 0.127. The summed E-state index contributed by atoms with van der Waals surface area (Å²) in [6.07, 6.45) is -0.523. The molecule has 16 heteroatoms. The molecule has 0 fully saturated rings. The van der Waals surface area contributed by atoms with Crippen molar-refractivity contribution in [2.75, 3.05) is 47.8 Å². The summed E-state index contributed by atoms with van der Waals surface area (Å²) >= 11 is 1.06. The van der Waals surface area contributed by atoms with Crippen LogP contribution in [0, 0.1) is 23.0 Å². The number of nitrogens with zero attached hydrogens (tertiary/aromatic N) is 1. The van der Waals surface area contributed by atoms with E-state index in [9.17, 15) is 24.0 Å². The third-order valence-electron chi connectivity index (χ3n) is 8.19. The maximum absolute atomic E-state index is 15.8. The highest BCUT2D eigenvalue weighted by molar-refractivity contribution is 7.20. The number of ether oxygens (including phenoxy) is 7. The van der Waals surface area contributed by atoms with E-state index < -0.39 is 53.1 Å². The van der Waals surface area contributed by atoms with Gasteiger partial charge in [-0.25, -0.2) is 13.8 Å². The van der Waals surface area contributed by atoms with Crippen LogP contribution in [0.2, 0.25) is 0 Å². The van der Waals surface area contributed by atoms with Crippen LogP contribution in [0.5, 0.6) is 23.0 Å². The molecule has 0 aliphatic carbocycles. The predicted molar refractivity (Wildman–Crippen MR) is 193 cm³/mol. The number of ketones is 2. The van der Waals surface area contributed by atoms with Gasteiger partial charge in [0.15, 0.2) is 46.2 Å². The first kappa shape index (κ1) is 41.4. The van der Waals surface area contributed by atoms with E-state index in [1.165, 1.54) is 45.6 Å². The number of benzene rings is 2. The first-order chi connectivity index (χ1) is 25.7. The number of hydrogen-bond donors (Lipinski definition) is 0. The van der Waals surface area contributed by atoms with Crippen LogP contribution in [0.15, 0.2) is 30.3 Å². The molecular weight excluding hydrogens is 732 g/mol. The molecule has 1 atom stereocenters. The van der Waals surface area contributed by atoms with E-state index >= 15 is 8.78 Å². The second-order valence-electron chi connectivity index (χ2n) is 12.4. The predicted octanol–water partition coefficient (Wildman–Crippen LogP) is 6.68. The van der Waals surface area contributed by atoms with E-state index in [0.29, 0.717) is 4.70 Å². The lowest BCUT2D eigenvalue weighted by atomic mass is 9.87. The minimum atomic E-state index is -1.51. The molecule has 0 amide bonds. The van der Waals surface area contributed by atoms with Gasteiger partial charge in [-0.1, -0.05) is 0 Å². The molecule has 4 aromatic rings. The lowest BCUT2D eigenvalue weighted by Crippen LogP contribution is -2.30. The Morgan fingerprint density at radius 1 is 0.833 bits per heavy atom. The van der Waals surface area contributed by atoms with Gasteiger partial charge in [-0.2, -0.15) is 0 Å². The molecule has 290 valence electrons. The van der Waals surface area contributed by atoms with Gasteiger partial charge in [0.05, 0.1) is 70.0 Å². The Morgan fingerprint density at radius 3 is 2.04 bits per heavy atom. The van der Waals surface area contributed by atoms with Crippen molar-refractivity contribution in [1.29, 1.82) is 0 Å². The average molecular weight is 774 g/mol. The molecule has 0 aliphatic rings. The Labute approximate surface area is 313 Å². The van der Waals surface area contributed by atoms with Gasteiger partial charge in [-0.05, 0) is 45.9 Å². The number of thiophene rings is 1. The zero-order chi connectivity index (χ0) is 39.7. The second kappa shape index (κ2) is 18.1. The molecule has 1 unspecified atom stereocenters. The summed E-state index contributed by atoms with van der Waals surface area (Å²) < 4.78 is 68.7. The number of halogens is 2. The van der Waals surface area contributed by atoms with E-state index in [-0.39, 0.29) is 94.9 Å². The van der Waals surface area contributed by atoms with Gasteiger partial charge >= 0.3 is 17.9 Å². The van der Waals surface area contributed by atoms with Crippen molar-refractivity contribution in [3.63, 3.8) is 0 Å². The highest BCUT2D eigenvalue weighted by Gasteiger charge is 2.34. The Hall–Kier alpha value is -5.38. The van der Waals surface area contributed by atoms with Crippen molar-refractivity contribution < 1.29 is 65.9 Å². The summed E-state index contributed by atoms with van der Waals surface area (Å²) in [5.41, 5.74) is -1.25. The van der Waals surface area contributed by atoms with Crippen molar-refractivity contribution in [1.82, 2.24) is 4.98 Å². The summed E-state index contributed by atoms with van der Waals surface area (Å²) in [6, 6.07) is 6.84. The van der Waals surface area contributed by atoms with Crippen LogP contribution in [-0.4, -0.2) is 82.2 Å². The first-order valence-electron chi connectivity index (χ1n) is 16.9. The molecule has 4 rings (SSSR count). The number of methoxy groups -OCH3 is 3. The third-order valence-corrected chi connectivity index (χ3v) is 9.31. The quantitative estimate of drug-likeness (QED) is 0.0326. The molecule has 0 radical (unpaired) electrons. The summed E-state index contributed by atoms with van der Waals surface area (Å²) in [5.74, 6) is -6.82. The first-order valence-corrected chi connectivity index (χ1v) is 17.7. The number of carbonyl (C=O) groups is 5. The van der Waals surface area contributed by atoms with Crippen LogP contribution in [0.4, 0.5) is 8.78 Å². The van der Waals surface area contributed by atoms with Crippen molar-refractivity contribution >= 4 is 61.8 Å². The molecule has 2 heterocycles. The van der Waals surface area contributed by atoms with E-state index in [4.69, 9.17) is 33.2 Å². The lowest BCUT2D eigenvalue weighted by Gasteiger charge is -2.19. The van der Waals surface area contributed by atoms with Crippen molar-refractivity contribution in [3.8, 4) is 23.0 Å². The van der Waals surface area contributed by atoms with Gasteiger partial charge in [0.2, 0.25) is 0 Å². The topological polar surface area (TPSA) is 163 Å². The lowest BCUT2D eigenvalue weighted by molar-refractivity contribution is -0.153. The number of hydrogen-bond acceptors (Lipinski definition) is 14. The molecule has 0 bridgehead atoms. The zero-order valence-corrected chi connectivity index (χ0v) is 31.7. The van der Waals surface area contributed by atoms with Crippen LogP contribution in [0.1, 0.15) is 67.1 Å². The molecule has 0 spiro atoms. The summed E-state index contributed by atoms with van der Waals surface area (Å²) in [6.45, 7) is 6.21. The fourth-order valence-corrected chi connectivity index (χ4v) is 6.50. The van der Waals surface area contributed by atoms with Gasteiger partial charge in [0.25, 0.3) is 0 Å². The molecule has 0 aliphatic heterocycles. The molecule has 0 saturated carbocycles. The minimum absolute atomic E-state index is 0.0146. The van der Waals surface area contributed by atoms with Crippen LogP contribution in [0.25, 0.3) is 21.0 Å². The van der Waals surface area contributed by atoms with Crippen LogP contribution < -0.4 is 18.9 Å². The molecule has 13 nitrogen and oxygen atoms in total. The number of fused-ring (bicyclic) bond motifs is 2. The monoisotopic (exact) mass is 773 g/mol. The summed E-state index contributed by atoms with van der Waals surface area (Å²) in [7, 11) is 3.88. The largest absolute Gasteiger partial charge is 0.493 e. The molecule has 54 heavy (non-hydrogen) atoms. The highest BCUT2D eigenvalue weighted by Crippen LogP contribution is 2.41. The van der Waals surface area contributed by atoms with Crippen LogP contribution in [0.3, 0.4) is 0 Å². The number of esters is 3. The Balaban J connectivity index is 1.47. The second-order valence-corrected chi connectivity index (χ2v) is 13.5. The maximum Gasteiger partial charge on any atom is 0.317 e. The minimum Gasteiger partial charge on any atom is -0.493 e. The SMILES string of the molecule is CCOC(=O)CC(C(=O)OCC)C(=O)c1ccc2c(F)c(OCCCOc3c(OC)cc4sc(C(=O)CC(C)(C)C(=O)OC)cc4c3F)c(OC)cc2n1. The molecule has 2 aromatic carbocycles. The Bertz CT molecular complexity index is 2060. The summed E-state index contributed by atoms with van der Waals surface area (Å²) in [4.78, 5) is 67.5. The number of pyridine rings is 1. The number of Topliss-reactive ketones (excluding diaryl/α,β-unsaturated/α-hetero) is 2. The van der Waals surface area contributed by atoms with Gasteiger partial charge in [-0.15, -0.1) is 11.3 Å². The van der Waals surface area contributed by atoms with Gasteiger partial charge in [0, 0.05) is 40.4 Å². The number of rotatable bonds is 19. The van der Waals surface area contributed by atoms with Gasteiger partial charge < -0.3 is 33.2 Å². The van der Waals surface area contributed by atoms with E-state index in [0.717, 1.165) is 11.3 Å². The highest BCUT2D eigenvalue weighted by atomic mass is 32.1. The van der Waals surface area contributed by atoms with Crippen molar-refractivity contribution in [3.05, 3.63) is 52.5 Å². The standard InChI is InChI=1S/C38H41F2NO12S/c1-8-50-30(43)16-22(36(45)51-9-2)33(44)23-12-11-20-24(41-23)17-26(47-5)34(31(20)39)52-13-10-14-53-35-27(48-6)18-28-21(32(35)40)15-29(54-28)25(42)19-38(3,4)37(46)49-7/h11-12,15,17-18,22H,8-10,13-14,16,19H2,1-7H3. The molecule has 0 saturated heterocycles. The van der Waals surface area contributed by atoms with Crippen molar-refractivity contribution in [2.24, 2.45) is 11.3 Å². The fraction of sp³-hybridized carbons (Fsp3) is 0.421. The molecule has 0 N–H and O–H groups in total. The van der Waals surface area contributed by atoms with Crippen LogP contribution in [-0.2, 0) is 28.6 Å².